The molecule has 0 saturated heterocycles. The monoisotopic (exact) mass is 670 g/mol. The lowest BCUT2D eigenvalue weighted by atomic mass is 9.86. The second-order valence-corrected chi connectivity index (χ2v) is 14.9. The smallest absolute Gasteiger partial charge is 0.326 e. The molecule has 252 valence electrons. The predicted octanol–water partition coefficient (Wildman–Crippen LogP) is 6.24. The van der Waals surface area contributed by atoms with Crippen molar-refractivity contribution in [3.8, 4) is 22.5 Å². The van der Waals surface area contributed by atoms with Gasteiger partial charge in [-0.3, -0.25) is 14.4 Å². The maximum Gasteiger partial charge on any atom is 0.326 e. The van der Waals surface area contributed by atoms with Gasteiger partial charge >= 0.3 is 11.9 Å². The Hall–Kier alpha value is -4.90. The Labute approximate surface area is 284 Å². The highest BCUT2D eigenvalue weighted by Crippen LogP contribution is 2.30. The fourth-order valence-corrected chi connectivity index (χ4v) is 5.88. The van der Waals surface area contributed by atoms with Gasteiger partial charge in [0.15, 0.2) is 5.82 Å². The van der Waals surface area contributed by atoms with Crippen LogP contribution in [0.2, 0.25) is 0 Å². The van der Waals surface area contributed by atoms with Crippen molar-refractivity contribution in [3.05, 3.63) is 93.9 Å². The zero-order chi connectivity index (χ0) is 35.2. The van der Waals surface area contributed by atoms with Crippen LogP contribution in [0, 0.1) is 0 Å². The molecule has 4 aromatic rings. The predicted molar refractivity (Wildman–Crippen MR) is 186 cm³/mol. The summed E-state index contributed by atoms with van der Waals surface area (Å²) >= 11 is 1.32. The van der Waals surface area contributed by atoms with Gasteiger partial charge in [-0.1, -0.05) is 90.1 Å². The van der Waals surface area contributed by atoms with Crippen LogP contribution >= 0.6 is 11.3 Å². The maximum absolute atomic E-state index is 13.4. The fourth-order valence-electron chi connectivity index (χ4n) is 4.91. The fraction of sp³-hybridized carbons (Fsp3) is 0.351. The largest absolute Gasteiger partial charge is 0.481 e. The number of aliphatic carboxylic acids is 2. The van der Waals surface area contributed by atoms with Gasteiger partial charge in [-0.2, -0.15) is 0 Å². The summed E-state index contributed by atoms with van der Waals surface area (Å²) in [5, 5.41) is 23.8. The summed E-state index contributed by atoms with van der Waals surface area (Å²) in [5.41, 5.74) is 4.50. The van der Waals surface area contributed by atoms with E-state index in [0.29, 0.717) is 16.3 Å². The van der Waals surface area contributed by atoms with Crippen molar-refractivity contribution in [3.63, 3.8) is 0 Å². The van der Waals surface area contributed by atoms with Crippen molar-refractivity contribution in [1.82, 2.24) is 20.6 Å². The van der Waals surface area contributed by atoms with Gasteiger partial charge in [0.1, 0.15) is 12.1 Å². The molecule has 2 aromatic heterocycles. The summed E-state index contributed by atoms with van der Waals surface area (Å²) in [7, 11) is 0. The van der Waals surface area contributed by atoms with E-state index in [9.17, 15) is 24.3 Å². The number of nitrogens with one attached hydrogen (secondary N) is 2. The molecule has 4 rings (SSSR count). The van der Waals surface area contributed by atoms with Gasteiger partial charge in [-0.25, -0.2) is 14.8 Å². The lowest BCUT2D eigenvalue weighted by Gasteiger charge is -2.21. The van der Waals surface area contributed by atoms with E-state index in [1.165, 1.54) is 16.9 Å². The molecule has 48 heavy (non-hydrogen) atoms. The Morgan fingerprint density at radius 2 is 1.33 bits per heavy atom. The minimum absolute atomic E-state index is 0.0591. The Morgan fingerprint density at radius 1 is 0.729 bits per heavy atom. The molecule has 2 heterocycles. The molecule has 0 spiro atoms. The van der Waals surface area contributed by atoms with Crippen molar-refractivity contribution in [2.45, 2.75) is 83.7 Å². The van der Waals surface area contributed by atoms with Crippen LogP contribution in [0.4, 0.5) is 0 Å². The van der Waals surface area contributed by atoms with Crippen LogP contribution in [-0.2, 0) is 31.6 Å². The number of carbonyl (C=O) groups excluding carboxylic acids is 2. The van der Waals surface area contributed by atoms with Gasteiger partial charge in [0.05, 0.1) is 4.88 Å². The van der Waals surface area contributed by atoms with E-state index in [0.717, 1.165) is 21.6 Å². The Balaban J connectivity index is 1.51. The standard InChI is InChI=1S/C37H42N4O6S/c1-36(2,3)26-13-11-23(12-14-26)25-20-38-32(39-21-25)24-9-7-22(8-10-24)19-28(33(44)40-27(35(46)47)15-18-31(42)43)41-34(45)29-16-17-30(48-29)37(4,5)6/h7-14,16-17,20-21,27-28H,15,18-19H2,1-6H3,(H,40,44)(H,41,45)(H,42,43)(H,46,47). The molecule has 0 fully saturated rings. The van der Waals surface area contributed by atoms with Crippen LogP contribution < -0.4 is 10.6 Å². The Kier molecular flexibility index (Phi) is 11.2. The van der Waals surface area contributed by atoms with Gasteiger partial charge < -0.3 is 20.8 Å². The number of amides is 2. The van der Waals surface area contributed by atoms with Crippen molar-refractivity contribution in [2.75, 3.05) is 0 Å². The number of carboxylic acids is 2. The molecule has 0 saturated carbocycles. The first-order valence-electron chi connectivity index (χ1n) is 15.7. The number of nitrogens with zero attached hydrogens (tertiary/aromatic N) is 2. The third-order valence-corrected chi connectivity index (χ3v) is 9.35. The third kappa shape index (κ3) is 9.57. The summed E-state index contributed by atoms with van der Waals surface area (Å²) in [6.45, 7) is 12.6. The van der Waals surface area contributed by atoms with E-state index in [-0.39, 0.29) is 23.7 Å². The molecule has 2 amide bonds. The van der Waals surface area contributed by atoms with Crippen LogP contribution in [0.3, 0.4) is 0 Å². The summed E-state index contributed by atoms with van der Waals surface area (Å²) in [6, 6.07) is 16.6. The van der Waals surface area contributed by atoms with Crippen molar-refractivity contribution >= 4 is 35.1 Å². The third-order valence-electron chi connectivity index (χ3n) is 7.84. The second-order valence-electron chi connectivity index (χ2n) is 13.8. The highest BCUT2D eigenvalue weighted by atomic mass is 32.1. The van der Waals surface area contributed by atoms with Crippen LogP contribution in [0.1, 0.15) is 80.1 Å². The van der Waals surface area contributed by atoms with Crippen LogP contribution in [-0.4, -0.2) is 56.0 Å². The molecular formula is C37H42N4O6S. The van der Waals surface area contributed by atoms with E-state index in [1.807, 2.05) is 39.0 Å². The molecule has 0 aliphatic rings. The minimum Gasteiger partial charge on any atom is -0.481 e. The van der Waals surface area contributed by atoms with E-state index in [4.69, 9.17) is 5.11 Å². The molecular weight excluding hydrogens is 628 g/mol. The average molecular weight is 671 g/mol. The number of carboxylic acid groups (broad SMARTS) is 2. The number of aromatic nitrogens is 2. The van der Waals surface area contributed by atoms with Gasteiger partial charge in [0.25, 0.3) is 5.91 Å². The first-order valence-corrected chi connectivity index (χ1v) is 16.5. The van der Waals surface area contributed by atoms with Crippen LogP contribution in [0.5, 0.6) is 0 Å². The highest BCUT2D eigenvalue weighted by molar-refractivity contribution is 7.14. The van der Waals surface area contributed by atoms with Crippen molar-refractivity contribution in [2.24, 2.45) is 0 Å². The first-order chi connectivity index (χ1) is 22.5. The molecule has 10 nitrogen and oxygen atoms in total. The zero-order valence-electron chi connectivity index (χ0n) is 28.0. The minimum atomic E-state index is -1.43. The van der Waals surface area contributed by atoms with Crippen LogP contribution in [0.25, 0.3) is 22.5 Å². The summed E-state index contributed by atoms with van der Waals surface area (Å²) < 4.78 is 0. The Bertz CT molecular complexity index is 1750. The second kappa shape index (κ2) is 14.9. The molecule has 2 unspecified atom stereocenters. The number of hydrogen-bond acceptors (Lipinski definition) is 7. The Morgan fingerprint density at radius 3 is 1.85 bits per heavy atom. The van der Waals surface area contributed by atoms with E-state index in [1.54, 1.807) is 30.6 Å². The molecule has 11 heteroatoms. The molecule has 0 aliphatic carbocycles. The van der Waals surface area contributed by atoms with Crippen molar-refractivity contribution < 1.29 is 29.4 Å². The summed E-state index contributed by atoms with van der Waals surface area (Å²) in [5.74, 6) is -3.21. The number of carbonyl (C=O) groups is 4. The molecule has 2 aromatic carbocycles. The lowest BCUT2D eigenvalue weighted by Crippen LogP contribution is -2.52. The van der Waals surface area contributed by atoms with E-state index < -0.39 is 42.3 Å². The molecule has 0 radical (unpaired) electrons. The zero-order valence-corrected chi connectivity index (χ0v) is 28.9. The number of thiophene rings is 1. The van der Waals surface area contributed by atoms with Gasteiger partial charge in [-0.05, 0) is 46.1 Å². The number of hydrogen-bond donors (Lipinski definition) is 4. The van der Waals surface area contributed by atoms with Crippen LogP contribution in [0.15, 0.2) is 73.1 Å². The SMILES string of the molecule is CC(C)(C)c1ccc(-c2cnc(-c3ccc(CC(NC(=O)c4ccc(C(C)(C)C)s4)C(=O)NC(CCC(=O)O)C(=O)O)cc3)nc2)cc1. The number of rotatable bonds is 12. The van der Waals surface area contributed by atoms with E-state index in [2.05, 4.69) is 65.6 Å². The highest BCUT2D eigenvalue weighted by Gasteiger charge is 2.28. The molecule has 0 aliphatic heterocycles. The van der Waals surface area contributed by atoms with Gasteiger partial charge in [0.2, 0.25) is 5.91 Å². The lowest BCUT2D eigenvalue weighted by molar-refractivity contribution is -0.143. The quantitative estimate of drug-likeness (QED) is 0.138. The first kappa shape index (κ1) is 35.9. The molecule has 4 N–H and O–H groups in total. The summed E-state index contributed by atoms with van der Waals surface area (Å²) in [6.07, 6.45) is 2.87. The molecule has 0 bridgehead atoms. The topological polar surface area (TPSA) is 159 Å². The molecule has 2 atom stereocenters. The van der Waals surface area contributed by atoms with Crippen molar-refractivity contribution in [1.29, 1.82) is 0 Å². The van der Waals surface area contributed by atoms with E-state index >= 15 is 0 Å². The number of benzene rings is 2. The summed E-state index contributed by atoms with van der Waals surface area (Å²) in [4.78, 5) is 60.0. The maximum atomic E-state index is 13.4. The van der Waals surface area contributed by atoms with Gasteiger partial charge in [-0.15, -0.1) is 11.3 Å². The average Bonchev–Trinajstić information content (AvgIpc) is 3.54. The van der Waals surface area contributed by atoms with Gasteiger partial charge in [0, 0.05) is 41.2 Å². The normalized spacial score (nSPS) is 13.0.